The highest BCUT2D eigenvalue weighted by Gasteiger charge is 2.32. The third-order valence-corrected chi connectivity index (χ3v) is 4.27. The molecule has 1 N–H and O–H groups in total. The zero-order chi connectivity index (χ0) is 14.5. The molecule has 3 rings (SSSR count). The Balaban J connectivity index is 1.44. The van der Waals surface area contributed by atoms with Crippen molar-refractivity contribution in [3.63, 3.8) is 0 Å². The average molecular weight is 287 g/mol. The van der Waals surface area contributed by atoms with Crippen molar-refractivity contribution >= 4 is 11.0 Å². The van der Waals surface area contributed by atoms with Gasteiger partial charge in [-0.3, -0.25) is 0 Å². The van der Waals surface area contributed by atoms with E-state index in [4.69, 9.17) is 0 Å². The molecule has 2 aromatic rings. The quantitative estimate of drug-likeness (QED) is 0.827. The van der Waals surface area contributed by atoms with E-state index in [1.807, 2.05) is 12.1 Å². The summed E-state index contributed by atoms with van der Waals surface area (Å²) in [6.07, 6.45) is 7.17. The van der Waals surface area contributed by atoms with Crippen molar-refractivity contribution in [2.75, 3.05) is 13.1 Å². The van der Waals surface area contributed by atoms with E-state index >= 15 is 0 Å². The molecule has 1 atom stereocenters. The van der Waals surface area contributed by atoms with Gasteiger partial charge in [0.15, 0.2) is 5.65 Å². The second kappa shape index (κ2) is 6.48. The fourth-order valence-corrected chi connectivity index (χ4v) is 2.98. The smallest absolute Gasteiger partial charge is 0.159 e. The number of halogens is 1. The van der Waals surface area contributed by atoms with E-state index in [-0.39, 0.29) is 0 Å². The maximum absolute atomic E-state index is 14.2. The molecule has 0 radical (unpaired) electrons. The van der Waals surface area contributed by atoms with Crippen LogP contribution in [0, 0.1) is 0 Å². The SMILES string of the molecule is FC1(CCCCCc2ccc3cccnc3n2)CCNC1. The molecule has 4 heteroatoms. The van der Waals surface area contributed by atoms with Crippen LogP contribution >= 0.6 is 0 Å². The second-order valence-corrected chi connectivity index (χ2v) is 5.99. The molecule has 1 saturated heterocycles. The van der Waals surface area contributed by atoms with Gasteiger partial charge in [-0.25, -0.2) is 14.4 Å². The zero-order valence-electron chi connectivity index (χ0n) is 12.3. The summed E-state index contributed by atoms with van der Waals surface area (Å²) in [4.78, 5) is 8.85. The molecule has 0 spiro atoms. The molecule has 0 aliphatic carbocycles. The maximum atomic E-state index is 14.2. The Kier molecular flexibility index (Phi) is 4.44. The third-order valence-electron chi connectivity index (χ3n) is 4.27. The predicted octanol–water partition coefficient (Wildman–Crippen LogP) is 3.43. The Hall–Kier alpha value is -1.55. The van der Waals surface area contributed by atoms with Crippen molar-refractivity contribution in [3.05, 3.63) is 36.2 Å². The molecular weight excluding hydrogens is 265 g/mol. The van der Waals surface area contributed by atoms with Crippen molar-refractivity contribution in [3.8, 4) is 0 Å². The molecule has 3 nitrogen and oxygen atoms in total. The molecule has 1 aliphatic heterocycles. The average Bonchev–Trinajstić information content (AvgIpc) is 2.94. The van der Waals surface area contributed by atoms with E-state index in [0.29, 0.717) is 19.4 Å². The van der Waals surface area contributed by atoms with Crippen molar-refractivity contribution in [1.82, 2.24) is 15.3 Å². The number of nitrogens with zero attached hydrogens (tertiary/aromatic N) is 2. The Morgan fingerprint density at radius 2 is 2.14 bits per heavy atom. The molecule has 3 heterocycles. The van der Waals surface area contributed by atoms with E-state index in [1.54, 1.807) is 6.20 Å². The molecule has 2 aromatic heterocycles. The van der Waals surface area contributed by atoms with E-state index < -0.39 is 5.67 Å². The molecular formula is C17H22FN3. The third kappa shape index (κ3) is 3.76. The minimum atomic E-state index is -0.953. The van der Waals surface area contributed by atoms with Crippen LogP contribution in [0.3, 0.4) is 0 Å². The number of alkyl halides is 1. The largest absolute Gasteiger partial charge is 0.313 e. The van der Waals surface area contributed by atoms with Crippen LogP contribution in [0.2, 0.25) is 0 Å². The van der Waals surface area contributed by atoms with Crippen LogP contribution in [-0.2, 0) is 6.42 Å². The molecule has 1 unspecified atom stereocenters. The lowest BCUT2D eigenvalue weighted by Gasteiger charge is -2.17. The predicted molar refractivity (Wildman–Crippen MR) is 83.0 cm³/mol. The van der Waals surface area contributed by atoms with E-state index in [1.165, 1.54) is 0 Å². The number of aryl methyl sites for hydroxylation is 1. The number of nitrogens with one attached hydrogen (secondary N) is 1. The van der Waals surface area contributed by atoms with Gasteiger partial charge in [0, 0.05) is 23.8 Å². The first-order valence-electron chi connectivity index (χ1n) is 7.86. The van der Waals surface area contributed by atoms with Gasteiger partial charge >= 0.3 is 0 Å². The van der Waals surface area contributed by atoms with Gasteiger partial charge in [-0.15, -0.1) is 0 Å². The van der Waals surface area contributed by atoms with Crippen molar-refractivity contribution in [2.24, 2.45) is 0 Å². The van der Waals surface area contributed by atoms with Crippen LogP contribution in [0.15, 0.2) is 30.5 Å². The number of rotatable bonds is 6. The van der Waals surface area contributed by atoms with Crippen LogP contribution in [0.25, 0.3) is 11.0 Å². The molecule has 1 fully saturated rings. The van der Waals surface area contributed by atoms with Crippen molar-refractivity contribution in [2.45, 2.75) is 44.2 Å². The lowest BCUT2D eigenvalue weighted by atomic mass is 9.96. The highest BCUT2D eigenvalue weighted by atomic mass is 19.1. The van der Waals surface area contributed by atoms with Gasteiger partial charge in [0.2, 0.25) is 0 Å². The standard InChI is InChI=1S/C17H22FN3/c18-17(10-12-19-13-17)9-3-1-2-6-15-8-7-14-5-4-11-20-16(14)21-15/h4-5,7-8,11,19H,1-3,6,9-10,12-13H2. The molecule has 0 bridgehead atoms. The molecule has 1 aliphatic rings. The number of hydrogen-bond donors (Lipinski definition) is 1. The Morgan fingerprint density at radius 3 is 3.00 bits per heavy atom. The lowest BCUT2D eigenvalue weighted by molar-refractivity contribution is 0.171. The second-order valence-electron chi connectivity index (χ2n) is 5.99. The molecule has 21 heavy (non-hydrogen) atoms. The van der Waals surface area contributed by atoms with Gasteiger partial charge in [-0.1, -0.05) is 12.8 Å². The zero-order valence-corrected chi connectivity index (χ0v) is 12.3. The first kappa shape index (κ1) is 14.4. The Morgan fingerprint density at radius 1 is 1.19 bits per heavy atom. The van der Waals surface area contributed by atoms with Gasteiger partial charge in [-0.2, -0.15) is 0 Å². The molecule has 0 saturated carbocycles. The van der Waals surface area contributed by atoms with E-state index in [0.717, 1.165) is 49.0 Å². The summed E-state index contributed by atoms with van der Waals surface area (Å²) in [5, 5.41) is 4.18. The van der Waals surface area contributed by atoms with Crippen LogP contribution in [0.5, 0.6) is 0 Å². The summed E-state index contributed by atoms with van der Waals surface area (Å²) in [6, 6.07) is 8.09. The fraction of sp³-hybridized carbons (Fsp3) is 0.529. The minimum absolute atomic E-state index is 0.533. The maximum Gasteiger partial charge on any atom is 0.159 e. The van der Waals surface area contributed by atoms with Crippen LogP contribution < -0.4 is 5.32 Å². The highest BCUT2D eigenvalue weighted by Crippen LogP contribution is 2.26. The molecule has 0 amide bonds. The van der Waals surface area contributed by atoms with Crippen LogP contribution in [0.1, 0.15) is 37.8 Å². The first-order chi connectivity index (χ1) is 10.3. The molecule has 0 aromatic carbocycles. The fourth-order valence-electron chi connectivity index (χ4n) is 2.98. The van der Waals surface area contributed by atoms with Crippen LogP contribution in [0.4, 0.5) is 4.39 Å². The topological polar surface area (TPSA) is 37.8 Å². The monoisotopic (exact) mass is 287 g/mol. The number of unbranched alkanes of at least 4 members (excludes halogenated alkanes) is 2. The van der Waals surface area contributed by atoms with Crippen molar-refractivity contribution < 1.29 is 4.39 Å². The summed E-state index contributed by atoms with van der Waals surface area (Å²) >= 11 is 0. The lowest BCUT2D eigenvalue weighted by Crippen LogP contribution is -2.25. The van der Waals surface area contributed by atoms with Crippen molar-refractivity contribution in [1.29, 1.82) is 0 Å². The Bertz CT molecular complexity index is 593. The number of aromatic nitrogens is 2. The van der Waals surface area contributed by atoms with Gasteiger partial charge in [0.05, 0.1) is 0 Å². The summed E-state index contributed by atoms with van der Waals surface area (Å²) in [5.41, 5.74) is 0.943. The van der Waals surface area contributed by atoms with Gasteiger partial charge in [0.1, 0.15) is 5.67 Å². The molecule has 112 valence electrons. The van der Waals surface area contributed by atoms with Crippen LogP contribution in [-0.4, -0.2) is 28.7 Å². The Labute approximate surface area is 125 Å². The highest BCUT2D eigenvalue weighted by molar-refractivity contribution is 5.74. The van der Waals surface area contributed by atoms with E-state index in [9.17, 15) is 4.39 Å². The normalized spacial score (nSPS) is 22.0. The summed E-state index contributed by atoms with van der Waals surface area (Å²) < 4.78 is 14.2. The number of fused-ring (bicyclic) bond motifs is 1. The summed E-state index contributed by atoms with van der Waals surface area (Å²) in [5.74, 6) is 0. The minimum Gasteiger partial charge on any atom is -0.313 e. The first-order valence-corrected chi connectivity index (χ1v) is 7.86. The number of hydrogen-bond acceptors (Lipinski definition) is 3. The summed E-state index contributed by atoms with van der Waals surface area (Å²) in [6.45, 7) is 1.36. The van der Waals surface area contributed by atoms with Gasteiger partial charge in [0.25, 0.3) is 0 Å². The number of pyridine rings is 2. The van der Waals surface area contributed by atoms with E-state index in [2.05, 4.69) is 27.4 Å². The van der Waals surface area contributed by atoms with Gasteiger partial charge in [-0.05, 0) is 56.5 Å². The van der Waals surface area contributed by atoms with Gasteiger partial charge < -0.3 is 5.32 Å². The summed E-state index contributed by atoms with van der Waals surface area (Å²) in [7, 11) is 0.